The lowest BCUT2D eigenvalue weighted by Gasteiger charge is -2.14. The van der Waals surface area contributed by atoms with E-state index in [1.807, 2.05) is 0 Å². The third-order valence-electron chi connectivity index (χ3n) is 2.99. The van der Waals surface area contributed by atoms with Crippen LogP contribution in [0, 0.1) is 11.6 Å². The quantitative estimate of drug-likeness (QED) is 0.909. The Hall–Kier alpha value is -1.46. The van der Waals surface area contributed by atoms with Crippen molar-refractivity contribution in [3.05, 3.63) is 63.6 Å². The van der Waals surface area contributed by atoms with Crippen LogP contribution in [0.4, 0.5) is 8.78 Å². The average molecular weight is 343 g/mol. The highest BCUT2D eigenvalue weighted by atomic mass is 79.9. The van der Waals surface area contributed by atoms with E-state index in [9.17, 15) is 13.9 Å². The molecule has 106 valence electrons. The number of ether oxygens (including phenoxy) is 1. The van der Waals surface area contributed by atoms with Gasteiger partial charge in [0.15, 0.2) is 0 Å². The number of hydrogen-bond acceptors (Lipinski definition) is 2. The van der Waals surface area contributed by atoms with Crippen LogP contribution in [0.5, 0.6) is 5.75 Å². The zero-order valence-electron chi connectivity index (χ0n) is 10.7. The molecule has 0 aliphatic heterocycles. The number of methoxy groups -OCH3 is 1. The molecule has 2 nitrogen and oxygen atoms in total. The highest BCUT2D eigenvalue weighted by molar-refractivity contribution is 9.10. The summed E-state index contributed by atoms with van der Waals surface area (Å²) in [6.07, 6.45) is -0.944. The van der Waals surface area contributed by atoms with Crippen LogP contribution in [-0.2, 0) is 6.42 Å². The van der Waals surface area contributed by atoms with E-state index in [0.29, 0.717) is 15.8 Å². The summed E-state index contributed by atoms with van der Waals surface area (Å²) < 4.78 is 32.6. The lowest BCUT2D eigenvalue weighted by atomic mass is 10.0. The summed E-state index contributed by atoms with van der Waals surface area (Å²) in [4.78, 5) is 0. The van der Waals surface area contributed by atoms with E-state index >= 15 is 0 Å². The summed E-state index contributed by atoms with van der Waals surface area (Å²) in [6, 6.07) is 8.43. The van der Waals surface area contributed by atoms with Crippen LogP contribution in [0.15, 0.2) is 40.9 Å². The largest absolute Gasteiger partial charge is 0.497 e. The van der Waals surface area contributed by atoms with Gasteiger partial charge in [-0.2, -0.15) is 0 Å². The first-order chi connectivity index (χ1) is 9.51. The van der Waals surface area contributed by atoms with E-state index < -0.39 is 17.7 Å². The van der Waals surface area contributed by atoms with Gasteiger partial charge in [0.05, 0.1) is 13.2 Å². The van der Waals surface area contributed by atoms with Crippen molar-refractivity contribution in [2.45, 2.75) is 12.5 Å². The van der Waals surface area contributed by atoms with Gasteiger partial charge in [-0.1, -0.05) is 15.9 Å². The molecule has 0 radical (unpaired) electrons. The van der Waals surface area contributed by atoms with Gasteiger partial charge < -0.3 is 9.84 Å². The topological polar surface area (TPSA) is 29.5 Å². The first-order valence-electron chi connectivity index (χ1n) is 5.96. The second kappa shape index (κ2) is 6.33. The molecule has 0 aliphatic carbocycles. The number of hydrogen-bond donors (Lipinski definition) is 1. The Morgan fingerprint density at radius 2 is 1.95 bits per heavy atom. The molecule has 0 aliphatic rings. The summed E-state index contributed by atoms with van der Waals surface area (Å²) >= 11 is 3.28. The summed E-state index contributed by atoms with van der Waals surface area (Å²) in [6.45, 7) is 0. The fraction of sp³-hybridized carbons (Fsp3) is 0.200. The summed E-state index contributed by atoms with van der Waals surface area (Å²) in [5.74, 6) is -0.569. The highest BCUT2D eigenvalue weighted by Gasteiger charge is 2.16. The molecule has 0 spiro atoms. The maximum atomic E-state index is 13.8. The normalized spacial score (nSPS) is 12.2. The minimum absolute atomic E-state index is 0.113. The van der Waals surface area contributed by atoms with Crippen molar-refractivity contribution in [2.75, 3.05) is 7.11 Å². The molecule has 0 fully saturated rings. The number of rotatable bonds is 4. The predicted octanol–water partition coefficient (Wildman–Crippen LogP) is 4.01. The standard InChI is InChI=1S/C15H13BrF2O2/c1-20-11-3-4-12(14(18)8-11)15(19)7-9-6-10(17)2-5-13(9)16/h2-6,8,15,19H,7H2,1H3. The Morgan fingerprint density at radius 3 is 2.60 bits per heavy atom. The van der Waals surface area contributed by atoms with E-state index in [4.69, 9.17) is 4.74 Å². The molecule has 0 saturated carbocycles. The molecular formula is C15H13BrF2O2. The second-order valence-electron chi connectivity index (χ2n) is 4.34. The molecule has 2 aromatic carbocycles. The monoisotopic (exact) mass is 342 g/mol. The zero-order chi connectivity index (χ0) is 14.7. The van der Waals surface area contributed by atoms with E-state index in [1.54, 1.807) is 12.1 Å². The minimum atomic E-state index is -1.06. The molecule has 0 saturated heterocycles. The van der Waals surface area contributed by atoms with Crippen LogP contribution in [0.1, 0.15) is 17.2 Å². The molecule has 0 bridgehead atoms. The molecule has 0 amide bonds. The molecule has 20 heavy (non-hydrogen) atoms. The van der Waals surface area contributed by atoms with Crippen molar-refractivity contribution >= 4 is 15.9 Å². The minimum Gasteiger partial charge on any atom is -0.497 e. The van der Waals surface area contributed by atoms with Crippen LogP contribution in [0.2, 0.25) is 0 Å². The van der Waals surface area contributed by atoms with Crippen molar-refractivity contribution in [1.29, 1.82) is 0 Å². The number of aliphatic hydroxyl groups excluding tert-OH is 1. The van der Waals surface area contributed by atoms with Gasteiger partial charge in [0.25, 0.3) is 0 Å². The van der Waals surface area contributed by atoms with Gasteiger partial charge in [-0.25, -0.2) is 8.78 Å². The van der Waals surface area contributed by atoms with Gasteiger partial charge in [0, 0.05) is 22.5 Å². The lowest BCUT2D eigenvalue weighted by molar-refractivity contribution is 0.173. The number of halogens is 3. The van der Waals surface area contributed by atoms with Crippen molar-refractivity contribution in [2.24, 2.45) is 0 Å². The fourth-order valence-electron chi connectivity index (χ4n) is 1.92. The summed E-state index contributed by atoms with van der Waals surface area (Å²) in [5.41, 5.74) is 0.731. The van der Waals surface area contributed by atoms with Gasteiger partial charge in [0.2, 0.25) is 0 Å². The Balaban J connectivity index is 2.23. The third-order valence-corrected chi connectivity index (χ3v) is 3.76. The second-order valence-corrected chi connectivity index (χ2v) is 5.20. The molecule has 2 rings (SSSR count). The smallest absolute Gasteiger partial charge is 0.132 e. The summed E-state index contributed by atoms with van der Waals surface area (Å²) in [7, 11) is 1.44. The van der Waals surface area contributed by atoms with Crippen molar-refractivity contribution in [3.63, 3.8) is 0 Å². The maximum Gasteiger partial charge on any atom is 0.132 e. The molecule has 1 unspecified atom stereocenters. The highest BCUT2D eigenvalue weighted by Crippen LogP contribution is 2.27. The lowest BCUT2D eigenvalue weighted by Crippen LogP contribution is -2.05. The molecule has 5 heteroatoms. The van der Waals surface area contributed by atoms with Crippen molar-refractivity contribution in [3.8, 4) is 5.75 Å². The first-order valence-corrected chi connectivity index (χ1v) is 6.76. The van der Waals surface area contributed by atoms with Crippen molar-refractivity contribution in [1.82, 2.24) is 0 Å². The Kier molecular flexibility index (Phi) is 4.73. The Morgan fingerprint density at radius 1 is 1.20 bits per heavy atom. The Labute approximate surface area is 124 Å². The molecule has 0 heterocycles. The number of aliphatic hydroxyl groups is 1. The predicted molar refractivity (Wildman–Crippen MR) is 75.7 cm³/mol. The molecule has 0 aromatic heterocycles. The zero-order valence-corrected chi connectivity index (χ0v) is 12.3. The molecule has 2 aromatic rings. The van der Waals surface area contributed by atoms with Crippen LogP contribution < -0.4 is 4.74 Å². The number of benzene rings is 2. The van der Waals surface area contributed by atoms with Gasteiger partial charge in [-0.3, -0.25) is 0 Å². The van der Waals surface area contributed by atoms with Gasteiger partial charge in [0.1, 0.15) is 17.4 Å². The van der Waals surface area contributed by atoms with E-state index in [1.165, 1.54) is 31.4 Å². The maximum absolute atomic E-state index is 13.8. The van der Waals surface area contributed by atoms with Crippen LogP contribution in [0.25, 0.3) is 0 Å². The summed E-state index contributed by atoms with van der Waals surface area (Å²) in [5, 5.41) is 10.1. The molecular weight excluding hydrogens is 330 g/mol. The van der Waals surface area contributed by atoms with Crippen LogP contribution in [0.3, 0.4) is 0 Å². The molecule has 1 atom stereocenters. The average Bonchev–Trinajstić information content (AvgIpc) is 2.42. The van der Waals surface area contributed by atoms with Gasteiger partial charge in [-0.05, 0) is 35.9 Å². The third kappa shape index (κ3) is 3.35. The first kappa shape index (κ1) is 14.9. The van der Waals surface area contributed by atoms with Crippen LogP contribution >= 0.6 is 15.9 Å². The van der Waals surface area contributed by atoms with Crippen molar-refractivity contribution < 1.29 is 18.6 Å². The van der Waals surface area contributed by atoms with E-state index in [-0.39, 0.29) is 12.0 Å². The fourth-order valence-corrected chi connectivity index (χ4v) is 2.33. The van der Waals surface area contributed by atoms with E-state index in [0.717, 1.165) is 0 Å². The SMILES string of the molecule is COc1ccc(C(O)Cc2cc(F)ccc2Br)c(F)c1. The van der Waals surface area contributed by atoms with Gasteiger partial charge in [-0.15, -0.1) is 0 Å². The van der Waals surface area contributed by atoms with Crippen LogP contribution in [-0.4, -0.2) is 12.2 Å². The molecule has 1 N–H and O–H groups in total. The van der Waals surface area contributed by atoms with E-state index in [2.05, 4.69) is 15.9 Å². The van der Waals surface area contributed by atoms with Gasteiger partial charge >= 0.3 is 0 Å². The Bertz CT molecular complexity index is 617.